The minimum atomic E-state index is 0.892. The number of para-hydroxylation sites is 1. The molecular weight excluding hydrogens is 184 g/mol. The summed E-state index contributed by atoms with van der Waals surface area (Å²) in [7, 11) is 1.95. The molecule has 0 bridgehead atoms. The van der Waals surface area contributed by atoms with Gasteiger partial charge in [-0.25, -0.2) is 0 Å². The molecule has 2 aromatic rings. The summed E-state index contributed by atoms with van der Waals surface area (Å²) in [5, 5.41) is 4.38. The molecule has 2 heteroatoms. The standard InChI is InChI=1S/C11H12N2.C2H6/c1-12-8-9-6-7-13-11-5-3-2-4-10(9)11;1-2/h2-7,12H,8H2,1H3;1-2H3. The molecular formula is C13H18N2. The number of hydrogen-bond donors (Lipinski definition) is 1. The summed E-state index contributed by atoms with van der Waals surface area (Å²) in [5.41, 5.74) is 2.36. The first-order valence-corrected chi connectivity index (χ1v) is 5.39. The van der Waals surface area contributed by atoms with Gasteiger partial charge in [-0.3, -0.25) is 4.98 Å². The fraction of sp³-hybridized carbons (Fsp3) is 0.308. The average Bonchev–Trinajstić information content (AvgIpc) is 2.33. The van der Waals surface area contributed by atoms with Gasteiger partial charge in [-0.1, -0.05) is 32.0 Å². The fourth-order valence-electron chi connectivity index (χ4n) is 1.50. The van der Waals surface area contributed by atoms with E-state index in [-0.39, 0.29) is 0 Å². The molecule has 0 saturated carbocycles. The van der Waals surface area contributed by atoms with E-state index in [0.717, 1.165) is 12.1 Å². The number of nitrogens with one attached hydrogen (secondary N) is 1. The van der Waals surface area contributed by atoms with Crippen LogP contribution in [0.4, 0.5) is 0 Å². The SMILES string of the molecule is CC.CNCc1ccnc2ccccc12. The molecule has 0 atom stereocenters. The number of fused-ring (bicyclic) bond motifs is 1. The van der Waals surface area contributed by atoms with Crippen molar-refractivity contribution in [3.05, 3.63) is 42.1 Å². The smallest absolute Gasteiger partial charge is 0.0705 e. The van der Waals surface area contributed by atoms with Gasteiger partial charge in [0.1, 0.15) is 0 Å². The van der Waals surface area contributed by atoms with Gasteiger partial charge >= 0.3 is 0 Å². The zero-order chi connectivity index (χ0) is 11.1. The van der Waals surface area contributed by atoms with Gasteiger partial charge < -0.3 is 5.32 Å². The minimum absolute atomic E-state index is 0.892. The van der Waals surface area contributed by atoms with Crippen LogP contribution in [0, 0.1) is 0 Å². The lowest BCUT2D eigenvalue weighted by molar-refractivity contribution is 0.822. The largest absolute Gasteiger partial charge is 0.316 e. The average molecular weight is 202 g/mol. The van der Waals surface area contributed by atoms with Crippen molar-refractivity contribution in [1.82, 2.24) is 10.3 Å². The quantitative estimate of drug-likeness (QED) is 0.809. The molecule has 0 aliphatic carbocycles. The Morgan fingerprint density at radius 1 is 1.13 bits per heavy atom. The lowest BCUT2D eigenvalue weighted by atomic mass is 10.1. The van der Waals surface area contributed by atoms with Crippen LogP contribution in [-0.2, 0) is 6.54 Å². The van der Waals surface area contributed by atoms with Crippen molar-refractivity contribution in [2.45, 2.75) is 20.4 Å². The summed E-state index contributed by atoms with van der Waals surface area (Å²) >= 11 is 0. The van der Waals surface area contributed by atoms with Crippen molar-refractivity contribution in [3.8, 4) is 0 Å². The highest BCUT2D eigenvalue weighted by Gasteiger charge is 1.98. The van der Waals surface area contributed by atoms with E-state index in [2.05, 4.69) is 22.4 Å². The molecule has 1 aromatic heterocycles. The van der Waals surface area contributed by atoms with Crippen LogP contribution in [0.1, 0.15) is 19.4 Å². The van der Waals surface area contributed by atoms with E-state index in [9.17, 15) is 0 Å². The highest BCUT2D eigenvalue weighted by molar-refractivity contribution is 5.81. The highest BCUT2D eigenvalue weighted by atomic mass is 14.8. The number of pyridine rings is 1. The van der Waals surface area contributed by atoms with Gasteiger partial charge in [0.05, 0.1) is 5.52 Å². The molecule has 0 aliphatic rings. The molecule has 1 aromatic carbocycles. The third-order valence-electron chi connectivity index (χ3n) is 2.11. The van der Waals surface area contributed by atoms with Crippen molar-refractivity contribution >= 4 is 10.9 Å². The van der Waals surface area contributed by atoms with Crippen LogP contribution in [0.15, 0.2) is 36.5 Å². The Morgan fingerprint density at radius 3 is 2.60 bits per heavy atom. The topological polar surface area (TPSA) is 24.9 Å². The molecule has 0 aliphatic heterocycles. The molecule has 0 spiro atoms. The maximum absolute atomic E-state index is 4.30. The molecule has 0 unspecified atom stereocenters. The number of hydrogen-bond acceptors (Lipinski definition) is 2. The normalized spacial score (nSPS) is 9.53. The third kappa shape index (κ3) is 2.77. The monoisotopic (exact) mass is 202 g/mol. The Morgan fingerprint density at radius 2 is 1.87 bits per heavy atom. The number of nitrogens with zero attached hydrogens (tertiary/aromatic N) is 1. The van der Waals surface area contributed by atoms with E-state index in [4.69, 9.17) is 0 Å². The fourth-order valence-corrected chi connectivity index (χ4v) is 1.50. The third-order valence-corrected chi connectivity index (χ3v) is 2.11. The lowest BCUT2D eigenvalue weighted by Gasteiger charge is -2.03. The number of benzene rings is 1. The molecule has 1 N–H and O–H groups in total. The molecule has 2 rings (SSSR count). The van der Waals surface area contributed by atoms with Crippen molar-refractivity contribution in [3.63, 3.8) is 0 Å². The Bertz CT molecular complexity index is 405. The van der Waals surface area contributed by atoms with Gasteiger partial charge in [-0.2, -0.15) is 0 Å². The maximum atomic E-state index is 4.30. The molecule has 0 radical (unpaired) electrons. The van der Waals surface area contributed by atoms with Crippen molar-refractivity contribution in [2.75, 3.05) is 7.05 Å². The summed E-state index contributed by atoms with van der Waals surface area (Å²) in [5.74, 6) is 0. The molecule has 80 valence electrons. The van der Waals surface area contributed by atoms with Gasteiger partial charge in [-0.15, -0.1) is 0 Å². The van der Waals surface area contributed by atoms with Crippen molar-refractivity contribution < 1.29 is 0 Å². The van der Waals surface area contributed by atoms with Crippen LogP contribution in [-0.4, -0.2) is 12.0 Å². The van der Waals surface area contributed by atoms with E-state index in [0.29, 0.717) is 0 Å². The first kappa shape index (κ1) is 11.7. The van der Waals surface area contributed by atoms with E-state index in [1.807, 2.05) is 45.3 Å². The second-order valence-electron chi connectivity index (χ2n) is 3.02. The predicted octanol–water partition coefficient (Wildman–Crippen LogP) is 2.98. The lowest BCUT2D eigenvalue weighted by Crippen LogP contribution is -2.05. The van der Waals surface area contributed by atoms with Crippen molar-refractivity contribution in [1.29, 1.82) is 0 Å². The van der Waals surface area contributed by atoms with E-state index in [1.165, 1.54) is 10.9 Å². The molecule has 1 heterocycles. The highest BCUT2D eigenvalue weighted by Crippen LogP contribution is 2.15. The molecule has 0 saturated heterocycles. The second-order valence-corrected chi connectivity index (χ2v) is 3.02. The van der Waals surface area contributed by atoms with Crippen LogP contribution >= 0.6 is 0 Å². The summed E-state index contributed by atoms with van der Waals surface area (Å²) < 4.78 is 0. The summed E-state index contributed by atoms with van der Waals surface area (Å²) in [6, 6.07) is 10.3. The Hall–Kier alpha value is -1.41. The molecule has 15 heavy (non-hydrogen) atoms. The molecule has 0 fully saturated rings. The molecule has 0 amide bonds. The second kappa shape index (κ2) is 6.14. The Kier molecular flexibility index (Phi) is 4.78. The first-order valence-electron chi connectivity index (χ1n) is 5.39. The summed E-state index contributed by atoms with van der Waals surface area (Å²) in [6.45, 7) is 4.89. The van der Waals surface area contributed by atoms with Gasteiger partial charge in [0.2, 0.25) is 0 Å². The first-order chi connectivity index (χ1) is 7.42. The van der Waals surface area contributed by atoms with E-state index in [1.54, 1.807) is 0 Å². The van der Waals surface area contributed by atoms with Gasteiger partial charge in [0.25, 0.3) is 0 Å². The number of aromatic nitrogens is 1. The predicted molar refractivity (Wildman–Crippen MR) is 65.9 cm³/mol. The molecule has 2 nitrogen and oxygen atoms in total. The van der Waals surface area contributed by atoms with Crippen LogP contribution in [0.5, 0.6) is 0 Å². The zero-order valence-electron chi connectivity index (χ0n) is 9.62. The summed E-state index contributed by atoms with van der Waals surface area (Å²) in [6.07, 6.45) is 1.86. The Balaban J connectivity index is 0.000000531. The van der Waals surface area contributed by atoms with Gasteiger partial charge in [-0.05, 0) is 24.7 Å². The maximum Gasteiger partial charge on any atom is 0.0705 e. The Labute approximate surface area is 91.3 Å². The van der Waals surface area contributed by atoms with Gasteiger partial charge in [0, 0.05) is 18.1 Å². The number of rotatable bonds is 2. The van der Waals surface area contributed by atoms with Gasteiger partial charge in [0.15, 0.2) is 0 Å². The summed E-state index contributed by atoms with van der Waals surface area (Å²) in [4.78, 5) is 4.30. The minimum Gasteiger partial charge on any atom is -0.316 e. The van der Waals surface area contributed by atoms with Crippen molar-refractivity contribution in [2.24, 2.45) is 0 Å². The van der Waals surface area contributed by atoms with E-state index < -0.39 is 0 Å². The zero-order valence-corrected chi connectivity index (χ0v) is 9.62. The van der Waals surface area contributed by atoms with Crippen LogP contribution in [0.3, 0.4) is 0 Å². The van der Waals surface area contributed by atoms with Crippen LogP contribution in [0.25, 0.3) is 10.9 Å². The van der Waals surface area contributed by atoms with Crippen LogP contribution < -0.4 is 5.32 Å². The van der Waals surface area contributed by atoms with E-state index >= 15 is 0 Å². The van der Waals surface area contributed by atoms with Crippen LogP contribution in [0.2, 0.25) is 0 Å².